The monoisotopic (exact) mass is 499 g/mol. The van der Waals surface area contributed by atoms with Gasteiger partial charge in [0.2, 0.25) is 0 Å². The molecule has 8 heteroatoms. The van der Waals surface area contributed by atoms with Crippen LogP contribution in [0.25, 0.3) is 34.0 Å². The fourth-order valence-corrected chi connectivity index (χ4v) is 4.73. The molecule has 1 aliphatic heterocycles. The zero-order valence-electron chi connectivity index (χ0n) is 18.0. The van der Waals surface area contributed by atoms with E-state index < -0.39 is 0 Å². The van der Waals surface area contributed by atoms with Gasteiger partial charge in [-0.15, -0.1) is 0 Å². The summed E-state index contributed by atoms with van der Waals surface area (Å²) in [6.07, 6.45) is 9.19. The van der Waals surface area contributed by atoms with Gasteiger partial charge in [-0.1, -0.05) is 28.1 Å². The second-order valence-corrected chi connectivity index (χ2v) is 9.13. The van der Waals surface area contributed by atoms with Crippen molar-refractivity contribution in [2.24, 2.45) is 0 Å². The number of pyridine rings is 1. The van der Waals surface area contributed by atoms with Crippen LogP contribution in [0.1, 0.15) is 19.3 Å². The molecule has 5 heterocycles. The molecule has 0 amide bonds. The van der Waals surface area contributed by atoms with Crippen LogP contribution in [0.4, 0.5) is 5.82 Å². The van der Waals surface area contributed by atoms with E-state index in [2.05, 4.69) is 44.0 Å². The van der Waals surface area contributed by atoms with Crippen LogP contribution in [0.2, 0.25) is 0 Å². The number of hydrogen-bond donors (Lipinski definition) is 0. The molecule has 7 nitrogen and oxygen atoms in total. The van der Waals surface area contributed by atoms with Crippen LogP contribution in [-0.4, -0.2) is 42.5 Å². The minimum absolute atomic E-state index is 0.783. The zero-order chi connectivity index (χ0) is 22.2. The lowest BCUT2D eigenvalue weighted by Crippen LogP contribution is -2.31. The maximum atomic E-state index is 4.92. The Bertz CT molecular complexity index is 1420. The van der Waals surface area contributed by atoms with Gasteiger partial charge in [0.05, 0.1) is 11.4 Å². The molecule has 164 valence electrons. The van der Waals surface area contributed by atoms with E-state index in [0.29, 0.717) is 0 Å². The van der Waals surface area contributed by atoms with Gasteiger partial charge in [-0.25, -0.2) is 9.67 Å². The van der Waals surface area contributed by atoms with E-state index in [9.17, 15) is 0 Å². The van der Waals surface area contributed by atoms with E-state index in [1.54, 1.807) is 12.4 Å². The SMILES string of the molecule is Brc1cccc(-c2ccn(-c3cc(N4CCCCC4)n4nc(-c5ccncc5)cc4n3)n2)c1. The van der Waals surface area contributed by atoms with E-state index in [4.69, 9.17) is 15.2 Å². The third-order valence-corrected chi connectivity index (χ3v) is 6.49. The van der Waals surface area contributed by atoms with Crippen molar-refractivity contribution >= 4 is 27.4 Å². The maximum absolute atomic E-state index is 4.92. The topological polar surface area (TPSA) is 64.1 Å². The van der Waals surface area contributed by atoms with Crippen molar-refractivity contribution in [2.45, 2.75) is 19.3 Å². The summed E-state index contributed by atoms with van der Waals surface area (Å²) in [5, 5.41) is 9.73. The number of aromatic nitrogens is 6. The Morgan fingerprint density at radius 2 is 1.64 bits per heavy atom. The number of nitrogens with zero attached hydrogens (tertiary/aromatic N) is 7. The van der Waals surface area contributed by atoms with Crippen LogP contribution < -0.4 is 4.90 Å². The van der Waals surface area contributed by atoms with Crippen LogP contribution in [0.15, 0.2) is 77.7 Å². The van der Waals surface area contributed by atoms with Crippen LogP contribution in [0.3, 0.4) is 0 Å². The van der Waals surface area contributed by atoms with E-state index in [0.717, 1.165) is 57.4 Å². The summed E-state index contributed by atoms with van der Waals surface area (Å²) in [6.45, 7) is 2.04. The molecule has 4 aromatic heterocycles. The average molecular weight is 500 g/mol. The first-order chi connectivity index (χ1) is 16.2. The van der Waals surface area contributed by atoms with Gasteiger partial charge >= 0.3 is 0 Å². The Labute approximate surface area is 199 Å². The minimum atomic E-state index is 0.783. The normalized spacial score (nSPS) is 14.2. The summed E-state index contributed by atoms with van der Waals surface area (Å²) in [7, 11) is 0. The van der Waals surface area contributed by atoms with E-state index in [1.165, 1.54) is 19.3 Å². The lowest BCUT2D eigenvalue weighted by Gasteiger charge is -2.29. The number of hydrogen-bond acceptors (Lipinski definition) is 5. The molecule has 0 saturated carbocycles. The average Bonchev–Trinajstić information content (AvgIpc) is 3.52. The number of anilines is 1. The number of benzene rings is 1. The molecule has 5 aromatic rings. The first-order valence-electron chi connectivity index (χ1n) is 11.1. The van der Waals surface area contributed by atoms with E-state index >= 15 is 0 Å². The van der Waals surface area contributed by atoms with Crippen molar-refractivity contribution in [1.82, 2.24) is 29.4 Å². The van der Waals surface area contributed by atoms with Crippen LogP contribution in [0, 0.1) is 0 Å². The van der Waals surface area contributed by atoms with Gasteiger partial charge in [-0.2, -0.15) is 14.7 Å². The number of piperidine rings is 1. The fourth-order valence-electron chi connectivity index (χ4n) is 4.33. The quantitative estimate of drug-likeness (QED) is 0.331. The van der Waals surface area contributed by atoms with Crippen molar-refractivity contribution in [1.29, 1.82) is 0 Å². The predicted molar refractivity (Wildman–Crippen MR) is 133 cm³/mol. The van der Waals surface area contributed by atoms with E-state index in [1.807, 2.05) is 51.8 Å². The van der Waals surface area contributed by atoms with Gasteiger partial charge in [0.1, 0.15) is 5.82 Å². The smallest absolute Gasteiger partial charge is 0.160 e. The molecule has 1 aromatic carbocycles. The molecular weight excluding hydrogens is 478 g/mol. The Morgan fingerprint density at radius 1 is 0.788 bits per heavy atom. The molecule has 0 aliphatic carbocycles. The van der Waals surface area contributed by atoms with Gasteiger partial charge in [0, 0.05) is 59.4 Å². The molecule has 1 fully saturated rings. The fraction of sp³-hybridized carbons (Fsp3) is 0.200. The van der Waals surface area contributed by atoms with Crippen molar-refractivity contribution in [3.05, 3.63) is 77.7 Å². The molecule has 6 rings (SSSR count). The molecular formula is C25H22BrN7. The van der Waals surface area contributed by atoms with Crippen molar-refractivity contribution < 1.29 is 0 Å². The molecule has 33 heavy (non-hydrogen) atoms. The Morgan fingerprint density at radius 3 is 2.45 bits per heavy atom. The summed E-state index contributed by atoms with van der Waals surface area (Å²) >= 11 is 3.55. The lowest BCUT2D eigenvalue weighted by molar-refractivity contribution is 0.568. The first kappa shape index (κ1) is 20.1. The molecule has 0 spiro atoms. The summed E-state index contributed by atoms with van der Waals surface area (Å²) in [5.74, 6) is 1.83. The molecule has 0 bridgehead atoms. The Kier molecular flexibility index (Phi) is 5.14. The summed E-state index contributed by atoms with van der Waals surface area (Å²) in [4.78, 5) is 11.5. The predicted octanol–water partition coefficient (Wildman–Crippen LogP) is 5.40. The largest absolute Gasteiger partial charge is 0.356 e. The molecule has 0 N–H and O–H groups in total. The van der Waals surface area contributed by atoms with Gasteiger partial charge in [0.15, 0.2) is 11.5 Å². The third-order valence-electron chi connectivity index (χ3n) is 6.00. The molecule has 0 atom stereocenters. The minimum Gasteiger partial charge on any atom is -0.356 e. The van der Waals surface area contributed by atoms with Gasteiger partial charge in [-0.3, -0.25) is 4.98 Å². The Balaban J connectivity index is 1.47. The van der Waals surface area contributed by atoms with Crippen molar-refractivity contribution in [3.8, 4) is 28.3 Å². The summed E-state index contributed by atoms with van der Waals surface area (Å²) in [5.41, 5.74) is 4.68. The zero-order valence-corrected chi connectivity index (χ0v) is 19.6. The highest BCUT2D eigenvalue weighted by molar-refractivity contribution is 9.10. The molecule has 0 unspecified atom stereocenters. The Hall–Kier alpha value is -3.52. The van der Waals surface area contributed by atoms with Crippen molar-refractivity contribution in [2.75, 3.05) is 18.0 Å². The van der Waals surface area contributed by atoms with Gasteiger partial charge in [-0.05, 0) is 49.6 Å². The summed E-state index contributed by atoms with van der Waals surface area (Å²) in [6, 6.07) is 18.3. The molecule has 1 aliphatic rings. The molecule has 0 radical (unpaired) electrons. The number of fused-ring (bicyclic) bond motifs is 1. The van der Waals surface area contributed by atoms with Gasteiger partial charge < -0.3 is 4.90 Å². The highest BCUT2D eigenvalue weighted by atomic mass is 79.9. The maximum Gasteiger partial charge on any atom is 0.160 e. The molecule has 1 saturated heterocycles. The third kappa shape index (κ3) is 3.91. The lowest BCUT2D eigenvalue weighted by atomic mass is 10.1. The number of halogens is 1. The standard InChI is InChI=1S/C25H22BrN7/c26-20-6-4-5-19(15-20)21-9-14-32(29-21)23-17-25(31-12-2-1-3-13-31)33-24(28-23)16-22(30-33)18-7-10-27-11-8-18/h4-11,14-17H,1-3,12-13H2. The highest BCUT2D eigenvalue weighted by Crippen LogP contribution is 2.27. The van der Waals surface area contributed by atoms with Gasteiger partial charge in [0.25, 0.3) is 0 Å². The first-order valence-corrected chi connectivity index (χ1v) is 11.9. The number of rotatable bonds is 4. The highest BCUT2D eigenvalue weighted by Gasteiger charge is 2.19. The second kappa shape index (κ2) is 8.44. The second-order valence-electron chi connectivity index (χ2n) is 8.21. The van der Waals surface area contributed by atoms with Crippen LogP contribution in [-0.2, 0) is 0 Å². The van der Waals surface area contributed by atoms with Crippen LogP contribution in [0.5, 0.6) is 0 Å². The van der Waals surface area contributed by atoms with Crippen LogP contribution >= 0.6 is 15.9 Å². The van der Waals surface area contributed by atoms with E-state index in [-0.39, 0.29) is 0 Å². The summed E-state index contributed by atoms with van der Waals surface area (Å²) < 4.78 is 4.84. The van der Waals surface area contributed by atoms with Crippen molar-refractivity contribution in [3.63, 3.8) is 0 Å².